The highest BCUT2D eigenvalue weighted by atomic mass is 28.3. The number of nitrogens with one attached hydrogen (secondary N) is 3. The molecule has 3 N–H and O–H groups in total. The van der Waals surface area contributed by atoms with Crippen LogP contribution in [0.2, 0.25) is 18.1 Å². The molecule has 7 unspecified atom stereocenters. The van der Waals surface area contributed by atoms with Crippen molar-refractivity contribution in [2.75, 3.05) is 58.9 Å². The molecule has 6 aliphatic heterocycles. The molecule has 6 saturated heterocycles. The van der Waals surface area contributed by atoms with Crippen LogP contribution in [0.15, 0.2) is 0 Å². The van der Waals surface area contributed by atoms with Crippen LogP contribution < -0.4 is 15.9 Å². The summed E-state index contributed by atoms with van der Waals surface area (Å²) in [5.74, 6) is 5.47. The average molecular weight is 656 g/mol. The SMILES string of the molecule is CCCCCCCCCCCCCC1CN2CC(C3CN4CC(C5C[NH+]6CC(C#C[Si](C)(C)C(C)(C)C)CN6[N-]5)CN4N3)CN2N1. The van der Waals surface area contributed by atoms with Crippen LogP contribution in [0, 0.1) is 29.2 Å². The van der Waals surface area contributed by atoms with Gasteiger partial charge in [-0.3, -0.25) is 5.01 Å². The minimum Gasteiger partial charge on any atom is -0.537 e. The second-order valence-electron chi connectivity index (χ2n) is 17.4. The molecule has 0 amide bonds. The first-order valence-corrected chi connectivity index (χ1v) is 22.5. The molecule has 262 valence electrons. The van der Waals surface area contributed by atoms with E-state index in [2.05, 4.69) is 88.5 Å². The van der Waals surface area contributed by atoms with Gasteiger partial charge in [0.2, 0.25) is 0 Å². The average Bonchev–Trinajstić information content (AvgIpc) is 3.81. The van der Waals surface area contributed by atoms with Crippen LogP contribution in [0.25, 0.3) is 5.43 Å². The number of unbranched alkanes of at least 4 members (excludes halogenated alkanes) is 10. The lowest BCUT2D eigenvalue weighted by atomic mass is 9.98. The van der Waals surface area contributed by atoms with E-state index in [-0.39, 0.29) is 0 Å². The lowest BCUT2D eigenvalue weighted by Gasteiger charge is -2.32. The van der Waals surface area contributed by atoms with Crippen LogP contribution >= 0.6 is 0 Å². The number of hydrogen-bond donors (Lipinski definition) is 3. The number of fused-ring (bicyclic) bond motifs is 3. The molecule has 0 radical (unpaired) electrons. The molecule has 0 aromatic carbocycles. The minimum absolute atomic E-state index is 0.327. The fraction of sp³-hybridized carbons (Fsp3) is 0.944. The van der Waals surface area contributed by atoms with E-state index in [1.807, 2.05) is 0 Å². The maximum absolute atomic E-state index is 5.24. The quantitative estimate of drug-likeness (QED) is 0.147. The van der Waals surface area contributed by atoms with Gasteiger partial charge in [-0.15, -0.1) is 5.54 Å². The number of nitrogens with zero attached hydrogens (tertiary/aromatic N) is 6. The van der Waals surface area contributed by atoms with E-state index in [0.29, 0.717) is 40.9 Å². The van der Waals surface area contributed by atoms with Gasteiger partial charge in [-0.05, 0) is 17.4 Å². The number of quaternary nitrogens is 1. The second-order valence-corrected chi connectivity index (χ2v) is 22.4. The Labute approximate surface area is 283 Å². The summed E-state index contributed by atoms with van der Waals surface area (Å²) in [5.41, 5.74) is 16.8. The molecule has 0 saturated carbocycles. The van der Waals surface area contributed by atoms with Gasteiger partial charge in [-0.25, -0.2) is 26.0 Å². The Morgan fingerprint density at radius 2 is 1.37 bits per heavy atom. The summed E-state index contributed by atoms with van der Waals surface area (Å²) in [6.07, 6.45) is 17.0. The molecule has 0 aliphatic carbocycles. The lowest BCUT2D eigenvalue weighted by molar-refractivity contribution is -0.984. The maximum Gasteiger partial charge on any atom is 0.137 e. The second kappa shape index (κ2) is 15.5. The van der Waals surface area contributed by atoms with Crippen molar-refractivity contribution in [1.29, 1.82) is 0 Å². The van der Waals surface area contributed by atoms with Crippen molar-refractivity contribution in [3.8, 4) is 11.5 Å². The van der Waals surface area contributed by atoms with Crippen molar-refractivity contribution in [1.82, 2.24) is 36.2 Å². The molecule has 0 aromatic rings. The van der Waals surface area contributed by atoms with Gasteiger partial charge < -0.3 is 5.43 Å². The molecular weight excluding hydrogens is 587 g/mol. The first-order chi connectivity index (χ1) is 22.1. The van der Waals surface area contributed by atoms with Crippen LogP contribution in [0.3, 0.4) is 0 Å². The zero-order chi connectivity index (χ0) is 32.3. The smallest absolute Gasteiger partial charge is 0.137 e. The van der Waals surface area contributed by atoms with Crippen molar-refractivity contribution >= 4 is 8.07 Å². The van der Waals surface area contributed by atoms with Gasteiger partial charge in [-0.1, -0.05) is 123 Å². The van der Waals surface area contributed by atoms with Crippen LogP contribution in [-0.4, -0.2) is 110 Å². The van der Waals surface area contributed by atoms with Crippen LogP contribution in [0.5, 0.6) is 0 Å². The predicted octanol–water partition coefficient (Wildman–Crippen LogP) is 4.21. The van der Waals surface area contributed by atoms with Gasteiger partial charge in [0.25, 0.3) is 0 Å². The highest BCUT2D eigenvalue weighted by Crippen LogP contribution is 2.36. The Morgan fingerprint density at radius 1 is 0.739 bits per heavy atom. The molecule has 46 heavy (non-hydrogen) atoms. The lowest BCUT2D eigenvalue weighted by Crippen LogP contribution is -3.13. The van der Waals surface area contributed by atoms with Gasteiger partial charge in [-0.2, -0.15) is 10.2 Å². The van der Waals surface area contributed by atoms with Crippen LogP contribution in [0.4, 0.5) is 0 Å². The molecule has 9 nitrogen and oxygen atoms in total. The molecule has 0 aromatic heterocycles. The Hall–Kier alpha value is -0.583. The Balaban J connectivity index is 0.828. The molecule has 0 spiro atoms. The maximum atomic E-state index is 5.24. The number of hydrogen-bond acceptors (Lipinski definition) is 7. The van der Waals surface area contributed by atoms with Gasteiger partial charge in [0.15, 0.2) is 0 Å². The van der Waals surface area contributed by atoms with Crippen molar-refractivity contribution in [3.05, 3.63) is 5.43 Å². The third-order valence-electron chi connectivity index (χ3n) is 12.6. The summed E-state index contributed by atoms with van der Waals surface area (Å²) in [4.78, 5) is 0. The molecular formula is C36H69N9Si. The van der Waals surface area contributed by atoms with E-state index < -0.39 is 8.07 Å². The predicted molar refractivity (Wildman–Crippen MR) is 191 cm³/mol. The van der Waals surface area contributed by atoms with E-state index in [4.69, 9.17) is 5.43 Å². The van der Waals surface area contributed by atoms with Gasteiger partial charge in [0.05, 0.1) is 12.5 Å². The van der Waals surface area contributed by atoms with E-state index in [1.54, 1.807) is 5.01 Å². The number of rotatable bonds is 14. The fourth-order valence-corrected chi connectivity index (χ4v) is 9.41. The standard InChI is InChI=1S/C36H68N9Si/c1-7-8-9-10-11-12-13-14-15-16-17-18-33-27-41-23-31(25-44(41)37-33)35-29-42-24-32(26-45(42)39-35)34-28-40-21-30(22-43(40)38-34)19-20-46(5,6)36(2,3)4/h30-35,37,39H,7-18,21-29H2,1-6H3/q-1/p+1. The summed E-state index contributed by atoms with van der Waals surface area (Å²) < 4.78 is 0. The third kappa shape index (κ3) is 8.58. The topological polar surface area (TPSA) is 58.8 Å². The molecule has 6 aliphatic rings. The van der Waals surface area contributed by atoms with Gasteiger partial charge in [0.1, 0.15) is 14.6 Å². The fourth-order valence-electron chi connectivity index (χ4n) is 8.47. The van der Waals surface area contributed by atoms with Crippen LogP contribution in [-0.2, 0) is 0 Å². The third-order valence-corrected chi connectivity index (χ3v) is 17.1. The monoisotopic (exact) mass is 656 g/mol. The summed E-state index contributed by atoms with van der Waals surface area (Å²) in [6.45, 7) is 24.4. The van der Waals surface area contributed by atoms with E-state index in [0.717, 1.165) is 45.8 Å². The first kappa shape index (κ1) is 35.3. The molecule has 6 fully saturated rings. The van der Waals surface area contributed by atoms with Crippen LogP contribution in [0.1, 0.15) is 105 Å². The Kier molecular flexibility index (Phi) is 11.9. The summed E-state index contributed by atoms with van der Waals surface area (Å²) >= 11 is 0. The molecule has 6 rings (SSSR count). The normalized spacial score (nSPS) is 34.3. The first-order valence-electron chi connectivity index (χ1n) is 19.5. The molecule has 0 bridgehead atoms. The van der Waals surface area contributed by atoms with Crippen molar-refractivity contribution in [3.63, 3.8) is 0 Å². The highest BCUT2D eigenvalue weighted by molar-refractivity contribution is 6.87. The van der Waals surface area contributed by atoms with Gasteiger partial charge in [0, 0.05) is 63.8 Å². The van der Waals surface area contributed by atoms with Crippen molar-refractivity contribution in [2.45, 2.75) is 141 Å². The zero-order valence-electron chi connectivity index (χ0n) is 30.5. The summed E-state index contributed by atoms with van der Waals surface area (Å²) in [5, 5.41) is 14.3. The van der Waals surface area contributed by atoms with Gasteiger partial charge >= 0.3 is 0 Å². The van der Waals surface area contributed by atoms with E-state index in [9.17, 15) is 0 Å². The summed E-state index contributed by atoms with van der Waals surface area (Å²) in [7, 11) is -1.54. The number of hydrazine groups is 4. The van der Waals surface area contributed by atoms with Crippen molar-refractivity contribution in [2.24, 2.45) is 17.8 Å². The molecule has 6 heterocycles. The minimum atomic E-state index is -1.54. The van der Waals surface area contributed by atoms with Crippen molar-refractivity contribution < 1.29 is 5.01 Å². The zero-order valence-corrected chi connectivity index (χ0v) is 31.5. The van der Waals surface area contributed by atoms with E-state index >= 15 is 0 Å². The van der Waals surface area contributed by atoms with E-state index in [1.165, 1.54) is 90.1 Å². The molecule has 7 atom stereocenters. The Bertz CT molecular complexity index is 997. The largest absolute Gasteiger partial charge is 0.537 e. The molecule has 10 heteroatoms. The highest BCUT2D eigenvalue weighted by Gasteiger charge is 2.48. The Morgan fingerprint density at radius 3 is 2.02 bits per heavy atom. The summed E-state index contributed by atoms with van der Waals surface area (Å²) in [6, 6.07) is 1.64.